The van der Waals surface area contributed by atoms with Gasteiger partial charge in [-0.05, 0) is 69.1 Å². The van der Waals surface area contributed by atoms with Gasteiger partial charge in [0.2, 0.25) is 0 Å². The molecule has 0 spiro atoms. The highest BCUT2D eigenvalue weighted by Gasteiger charge is 2.48. The Kier molecular flexibility index (Phi) is 5.55. The molecule has 9 heteroatoms. The van der Waals surface area contributed by atoms with Crippen molar-refractivity contribution in [3.05, 3.63) is 36.7 Å². The Morgan fingerprint density at radius 3 is 2.21 bits per heavy atom. The Morgan fingerprint density at radius 1 is 1.06 bits per heavy atom. The highest BCUT2D eigenvalue weighted by molar-refractivity contribution is 7.90. The van der Waals surface area contributed by atoms with Crippen molar-refractivity contribution in [2.45, 2.75) is 68.0 Å². The average molecular weight is 472 g/mol. The third kappa shape index (κ3) is 4.83. The van der Waals surface area contributed by atoms with Crippen LogP contribution in [0.4, 0.5) is 4.79 Å². The molecule has 8 nitrogen and oxygen atoms in total. The number of hydrogen-bond donors (Lipinski definition) is 0. The summed E-state index contributed by atoms with van der Waals surface area (Å²) in [6, 6.07) is 7.42. The fraction of sp³-hybridized carbons (Fsp3) is 0.542. The molecule has 1 aromatic carbocycles. The van der Waals surface area contributed by atoms with E-state index >= 15 is 0 Å². The van der Waals surface area contributed by atoms with Gasteiger partial charge in [0, 0.05) is 36.3 Å². The molecular weight excluding hydrogens is 442 g/mol. The maximum Gasteiger partial charge on any atom is 0.410 e. The molecule has 2 aliphatic heterocycles. The summed E-state index contributed by atoms with van der Waals surface area (Å²) in [6.07, 6.45) is 10.2. The minimum absolute atomic E-state index is 0.148. The highest BCUT2D eigenvalue weighted by Crippen LogP contribution is 2.43. The van der Waals surface area contributed by atoms with E-state index in [4.69, 9.17) is 9.47 Å². The summed E-state index contributed by atoms with van der Waals surface area (Å²) in [5.41, 5.74) is 1.39. The van der Waals surface area contributed by atoms with Crippen molar-refractivity contribution in [1.82, 2.24) is 14.9 Å². The first-order valence-corrected chi connectivity index (χ1v) is 13.4. The smallest absolute Gasteiger partial charge is 0.410 e. The lowest BCUT2D eigenvalue weighted by Gasteiger charge is -2.38. The monoisotopic (exact) mass is 471 g/mol. The van der Waals surface area contributed by atoms with E-state index in [9.17, 15) is 13.2 Å². The molecule has 3 aliphatic rings. The number of carbonyl (C=O) groups is 1. The van der Waals surface area contributed by atoms with Gasteiger partial charge in [0.1, 0.15) is 5.60 Å². The lowest BCUT2D eigenvalue weighted by molar-refractivity contribution is 0.0216. The van der Waals surface area contributed by atoms with Gasteiger partial charge in [0.15, 0.2) is 9.84 Å². The van der Waals surface area contributed by atoms with Gasteiger partial charge in [-0.25, -0.2) is 23.2 Å². The molecule has 1 aromatic heterocycles. The zero-order valence-electron chi connectivity index (χ0n) is 18.9. The zero-order chi connectivity index (χ0) is 23.2. The van der Waals surface area contributed by atoms with Crippen molar-refractivity contribution in [3.63, 3.8) is 0 Å². The van der Waals surface area contributed by atoms with Gasteiger partial charge in [-0.2, -0.15) is 0 Å². The number of sulfone groups is 1. The van der Waals surface area contributed by atoms with Crippen molar-refractivity contribution in [2.75, 3.05) is 12.9 Å². The Hall–Kier alpha value is -2.68. The van der Waals surface area contributed by atoms with Crippen LogP contribution >= 0.6 is 0 Å². The van der Waals surface area contributed by atoms with Gasteiger partial charge in [-0.1, -0.05) is 12.1 Å². The number of benzene rings is 1. The maximum atomic E-state index is 12.6. The summed E-state index contributed by atoms with van der Waals surface area (Å²) in [6.45, 7) is 2.53. The summed E-state index contributed by atoms with van der Waals surface area (Å²) in [5.74, 6) is 0.356. The lowest BCUT2D eigenvalue weighted by atomic mass is 9.92. The second-order valence-electron chi connectivity index (χ2n) is 9.81. The van der Waals surface area contributed by atoms with Crippen LogP contribution < -0.4 is 4.74 Å². The maximum absolute atomic E-state index is 12.6. The Bertz CT molecular complexity index is 1120. The van der Waals surface area contributed by atoms with Gasteiger partial charge >= 0.3 is 12.1 Å². The van der Waals surface area contributed by atoms with Crippen LogP contribution in [0.3, 0.4) is 0 Å². The van der Waals surface area contributed by atoms with Crippen LogP contribution in [0.5, 0.6) is 6.01 Å². The first kappa shape index (κ1) is 22.1. The third-order valence-corrected chi connectivity index (χ3v) is 8.15. The molecule has 0 radical (unpaired) electrons. The van der Waals surface area contributed by atoms with E-state index in [1.54, 1.807) is 36.7 Å². The van der Waals surface area contributed by atoms with E-state index in [-0.39, 0.29) is 28.7 Å². The van der Waals surface area contributed by atoms with Crippen molar-refractivity contribution in [1.29, 1.82) is 0 Å². The highest BCUT2D eigenvalue weighted by atomic mass is 32.2. The molecule has 5 rings (SSSR count). The van der Waals surface area contributed by atoms with E-state index in [0.717, 1.165) is 49.7 Å². The molecule has 2 unspecified atom stereocenters. The van der Waals surface area contributed by atoms with Crippen LogP contribution in [-0.2, 0) is 14.6 Å². The number of ether oxygens (including phenoxy) is 2. The molecule has 33 heavy (non-hydrogen) atoms. The Morgan fingerprint density at radius 2 is 1.67 bits per heavy atom. The summed E-state index contributed by atoms with van der Waals surface area (Å²) < 4.78 is 34.8. The summed E-state index contributed by atoms with van der Waals surface area (Å²) in [7, 11) is -3.22. The largest absolute Gasteiger partial charge is 0.463 e. The summed E-state index contributed by atoms with van der Waals surface area (Å²) in [5, 5.41) is 0. The lowest BCUT2D eigenvalue weighted by Crippen LogP contribution is -2.48. The van der Waals surface area contributed by atoms with Crippen molar-refractivity contribution < 1.29 is 22.7 Å². The number of carbonyl (C=O) groups excluding carboxylic acids is 1. The second kappa shape index (κ2) is 8.27. The van der Waals surface area contributed by atoms with Gasteiger partial charge in [0.05, 0.1) is 11.5 Å². The second-order valence-corrected chi connectivity index (χ2v) is 11.8. The summed E-state index contributed by atoms with van der Waals surface area (Å²) in [4.78, 5) is 23.5. The number of rotatable bonds is 6. The van der Waals surface area contributed by atoms with Gasteiger partial charge in [-0.3, -0.25) is 0 Å². The molecule has 2 saturated heterocycles. The first-order chi connectivity index (χ1) is 15.7. The topological polar surface area (TPSA) is 98.7 Å². The number of nitrogens with zero attached hydrogens (tertiary/aromatic N) is 3. The number of amides is 1. The Labute approximate surface area is 194 Å². The van der Waals surface area contributed by atoms with Crippen molar-refractivity contribution in [2.24, 2.45) is 5.92 Å². The molecular formula is C24H29N3O5S. The van der Waals surface area contributed by atoms with E-state index in [1.807, 2.05) is 11.8 Å². The van der Waals surface area contributed by atoms with Crippen LogP contribution in [0.25, 0.3) is 11.1 Å². The van der Waals surface area contributed by atoms with Crippen molar-refractivity contribution in [3.8, 4) is 17.1 Å². The minimum atomic E-state index is -3.22. The predicted molar refractivity (Wildman–Crippen MR) is 122 cm³/mol. The molecule has 176 valence electrons. The molecule has 2 bridgehead atoms. The van der Waals surface area contributed by atoms with Gasteiger partial charge < -0.3 is 14.4 Å². The molecule has 1 amide bonds. The van der Waals surface area contributed by atoms with Gasteiger partial charge in [-0.15, -0.1) is 0 Å². The molecule has 0 N–H and O–H groups in total. The molecule has 2 atom stereocenters. The quantitative estimate of drug-likeness (QED) is 0.631. The first-order valence-electron chi connectivity index (χ1n) is 11.5. The molecule has 1 aliphatic carbocycles. The SMILES string of the molecule is CC1(OC(=O)N2C3CCC2CC(COc2ncc(-c4ccc(S(C)(=O)=O)cc4)cn2)C3)CC1. The van der Waals surface area contributed by atoms with Crippen LogP contribution in [0, 0.1) is 5.92 Å². The number of fused-ring (bicyclic) bond motifs is 2. The van der Waals surface area contributed by atoms with Crippen LogP contribution in [-0.4, -0.2) is 59.9 Å². The molecule has 2 aromatic rings. The van der Waals surface area contributed by atoms with Gasteiger partial charge in [0.25, 0.3) is 0 Å². The fourth-order valence-electron chi connectivity index (χ4n) is 4.89. The van der Waals surface area contributed by atoms with E-state index < -0.39 is 9.84 Å². The van der Waals surface area contributed by atoms with Crippen LogP contribution in [0.15, 0.2) is 41.6 Å². The van der Waals surface area contributed by atoms with Crippen molar-refractivity contribution >= 4 is 15.9 Å². The summed E-state index contributed by atoms with van der Waals surface area (Å²) >= 11 is 0. The van der Waals surface area contributed by atoms with E-state index in [1.165, 1.54) is 6.26 Å². The number of aromatic nitrogens is 2. The average Bonchev–Trinajstić information content (AvgIpc) is 3.44. The number of hydrogen-bond acceptors (Lipinski definition) is 7. The zero-order valence-corrected chi connectivity index (χ0v) is 19.8. The fourth-order valence-corrected chi connectivity index (χ4v) is 5.52. The predicted octanol–water partition coefficient (Wildman–Crippen LogP) is 3.86. The van der Waals surface area contributed by atoms with Crippen LogP contribution in [0.1, 0.15) is 45.4 Å². The van der Waals surface area contributed by atoms with E-state index in [0.29, 0.717) is 18.5 Å². The van der Waals surface area contributed by atoms with Crippen LogP contribution in [0.2, 0.25) is 0 Å². The number of piperidine rings is 1. The third-order valence-electron chi connectivity index (χ3n) is 7.02. The van der Waals surface area contributed by atoms with E-state index in [2.05, 4.69) is 9.97 Å². The molecule has 3 heterocycles. The molecule has 3 fully saturated rings. The Balaban J connectivity index is 1.15. The minimum Gasteiger partial charge on any atom is -0.463 e. The standard InChI is InChI=1S/C24H29N3O5S/c1-24(9-10-24)32-23(28)27-19-5-6-20(27)12-16(11-19)15-31-22-25-13-18(14-26-22)17-3-7-21(8-4-17)33(2,29)30/h3-4,7-8,13-14,16,19-20H,5-6,9-12,15H2,1-2H3. The normalized spacial score (nSPS) is 25.5. The molecule has 1 saturated carbocycles.